The molecular weight excluding hydrogens is 226 g/mol. The first kappa shape index (κ1) is 13.8. The maximum atomic E-state index is 12.0. The molecule has 2 rings (SSSR count). The summed E-state index contributed by atoms with van der Waals surface area (Å²) in [5.41, 5.74) is 5.19. The van der Waals surface area contributed by atoms with E-state index in [0.717, 1.165) is 19.4 Å². The van der Waals surface area contributed by atoms with Gasteiger partial charge in [0.25, 0.3) is 0 Å². The molecule has 1 amide bonds. The lowest BCUT2D eigenvalue weighted by molar-refractivity contribution is -0.126. The van der Waals surface area contributed by atoms with E-state index in [1.807, 2.05) is 7.05 Å². The van der Waals surface area contributed by atoms with Crippen LogP contribution in [-0.4, -0.2) is 42.0 Å². The summed E-state index contributed by atoms with van der Waals surface area (Å²) in [5.74, 6) is 0.249. The number of carbonyl (C=O) groups is 1. The van der Waals surface area contributed by atoms with Crippen LogP contribution in [0.25, 0.3) is 0 Å². The minimum absolute atomic E-state index is 0.183. The average Bonchev–Trinajstić information content (AvgIpc) is 3.13. The molecule has 0 aromatic carbocycles. The van der Waals surface area contributed by atoms with E-state index in [0.29, 0.717) is 18.0 Å². The van der Waals surface area contributed by atoms with Gasteiger partial charge in [-0.05, 0) is 52.5 Å². The summed E-state index contributed by atoms with van der Waals surface area (Å²) < 4.78 is 0. The minimum Gasteiger partial charge on any atom is -0.368 e. The molecule has 3 atom stereocenters. The van der Waals surface area contributed by atoms with E-state index in [4.69, 9.17) is 5.73 Å². The van der Waals surface area contributed by atoms with E-state index < -0.39 is 5.54 Å². The smallest absolute Gasteiger partial charge is 0.239 e. The van der Waals surface area contributed by atoms with Crippen molar-refractivity contribution in [2.45, 2.75) is 63.6 Å². The highest BCUT2D eigenvalue weighted by Gasteiger charge is 2.50. The van der Waals surface area contributed by atoms with Gasteiger partial charge in [0.15, 0.2) is 0 Å². The highest BCUT2D eigenvalue weighted by molar-refractivity contribution is 5.86. The summed E-state index contributed by atoms with van der Waals surface area (Å²) >= 11 is 0. The number of amides is 1. The van der Waals surface area contributed by atoms with Crippen molar-refractivity contribution in [1.29, 1.82) is 0 Å². The van der Waals surface area contributed by atoms with Crippen LogP contribution >= 0.6 is 0 Å². The maximum absolute atomic E-state index is 12.0. The van der Waals surface area contributed by atoms with Gasteiger partial charge in [-0.3, -0.25) is 9.69 Å². The molecule has 0 radical (unpaired) electrons. The molecule has 1 unspecified atom stereocenters. The predicted octanol–water partition coefficient (Wildman–Crippen LogP) is 1.10. The molecule has 1 saturated carbocycles. The van der Waals surface area contributed by atoms with Crippen LogP contribution in [0.5, 0.6) is 0 Å². The van der Waals surface area contributed by atoms with E-state index in [-0.39, 0.29) is 5.91 Å². The molecule has 104 valence electrons. The summed E-state index contributed by atoms with van der Waals surface area (Å²) in [6, 6.07) is 1.11. The lowest BCUT2D eigenvalue weighted by atomic mass is 9.88. The normalized spacial score (nSPS) is 33.1. The van der Waals surface area contributed by atoms with Crippen LogP contribution in [0, 0.1) is 5.92 Å². The SMILES string of the molecule is CNC(CN1[C@H](C)CCC[C@@H]1C)(C(N)=O)C1CC1. The van der Waals surface area contributed by atoms with Gasteiger partial charge < -0.3 is 11.1 Å². The number of nitrogens with two attached hydrogens (primary N) is 1. The summed E-state index contributed by atoms with van der Waals surface area (Å²) in [7, 11) is 1.88. The molecule has 0 aromatic rings. The van der Waals surface area contributed by atoms with E-state index in [1.54, 1.807) is 0 Å². The number of likely N-dealkylation sites (tertiary alicyclic amines) is 1. The Morgan fingerprint density at radius 2 is 1.83 bits per heavy atom. The molecule has 1 aliphatic carbocycles. The lowest BCUT2D eigenvalue weighted by Crippen LogP contribution is -2.64. The van der Waals surface area contributed by atoms with Crippen molar-refractivity contribution in [3.8, 4) is 0 Å². The Morgan fingerprint density at radius 3 is 2.22 bits per heavy atom. The van der Waals surface area contributed by atoms with Gasteiger partial charge in [-0.1, -0.05) is 6.42 Å². The van der Waals surface area contributed by atoms with Gasteiger partial charge in [-0.25, -0.2) is 0 Å². The highest BCUT2D eigenvalue weighted by Crippen LogP contribution is 2.41. The fourth-order valence-corrected chi connectivity index (χ4v) is 3.47. The summed E-state index contributed by atoms with van der Waals surface area (Å²) in [5, 5.41) is 3.25. The summed E-state index contributed by atoms with van der Waals surface area (Å²) in [6.45, 7) is 5.31. The monoisotopic (exact) mass is 253 g/mol. The molecule has 3 N–H and O–H groups in total. The van der Waals surface area contributed by atoms with Crippen LogP contribution in [0.2, 0.25) is 0 Å². The topological polar surface area (TPSA) is 58.4 Å². The van der Waals surface area contributed by atoms with Crippen LogP contribution in [-0.2, 0) is 4.79 Å². The Morgan fingerprint density at radius 1 is 1.28 bits per heavy atom. The van der Waals surface area contributed by atoms with Crippen molar-refractivity contribution in [2.75, 3.05) is 13.6 Å². The molecule has 0 bridgehead atoms. The highest BCUT2D eigenvalue weighted by atomic mass is 16.1. The van der Waals surface area contributed by atoms with Crippen molar-refractivity contribution in [1.82, 2.24) is 10.2 Å². The summed E-state index contributed by atoms with van der Waals surface area (Å²) in [6.07, 6.45) is 6.01. The molecule has 18 heavy (non-hydrogen) atoms. The first-order valence-electron chi connectivity index (χ1n) is 7.26. The molecule has 4 heteroatoms. The Labute approximate surface area is 110 Å². The molecule has 1 aliphatic heterocycles. The summed E-state index contributed by atoms with van der Waals surface area (Å²) in [4.78, 5) is 14.4. The van der Waals surface area contributed by atoms with Crippen LogP contribution < -0.4 is 11.1 Å². The van der Waals surface area contributed by atoms with Gasteiger partial charge in [0, 0.05) is 18.6 Å². The maximum Gasteiger partial charge on any atom is 0.239 e. The van der Waals surface area contributed by atoms with Crippen LogP contribution in [0.15, 0.2) is 0 Å². The third-order valence-corrected chi connectivity index (χ3v) is 4.97. The van der Waals surface area contributed by atoms with E-state index in [2.05, 4.69) is 24.1 Å². The molecule has 2 aliphatic rings. The second-order valence-electron chi connectivity index (χ2n) is 6.16. The molecular formula is C14H27N3O. The Kier molecular flexibility index (Phi) is 3.97. The fraction of sp³-hybridized carbons (Fsp3) is 0.929. The van der Waals surface area contributed by atoms with Gasteiger partial charge in [-0.15, -0.1) is 0 Å². The average molecular weight is 253 g/mol. The van der Waals surface area contributed by atoms with Crippen molar-refractivity contribution in [3.05, 3.63) is 0 Å². The van der Waals surface area contributed by atoms with Gasteiger partial charge >= 0.3 is 0 Å². The van der Waals surface area contributed by atoms with Crippen molar-refractivity contribution < 1.29 is 4.79 Å². The molecule has 1 heterocycles. The third-order valence-electron chi connectivity index (χ3n) is 4.97. The molecule has 2 fully saturated rings. The van der Waals surface area contributed by atoms with Gasteiger partial charge in [0.1, 0.15) is 5.54 Å². The predicted molar refractivity (Wildman–Crippen MR) is 73.2 cm³/mol. The third kappa shape index (κ3) is 2.41. The second kappa shape index (κ2) is 5.17. The molecule has 1 saturated heterocycles. The first-order chi connectivity index (χ1) is 8.51. The van der Waals surface area contributed by atoms with Crippen LogP contribution in [0.4, 0.5) is 0 Å². The number of likely N-dealkylation sites (N-methyl/N-ethyl adjacent to an activating group) is 1. The van der Waals surface area contributed by atoms with E-state index >= 15 is 0 Å². The van der Waals surface area contributed by atoms with Gasteiger partial charge in [0.05, 0.1) is 0 Å². The number of primary amides is 1. The van der Waals surface area contributed by atoms with Crippen molar-refractivity contribution in [3.63, 3.8) is 0 Å². The molecule has 0 aromatic heterocycles. The number of piperidine rings is 1. The number of nitrogens with zero attached hydrogens (tertiary/aromatic N) is 1. The fourth-order valence-electron chi connectivity index (χ4n) is 3.47. The quantitative estimate of drug-likeness (QED) is 0.771. The van der Waals surface area contributed by atoms with Crippen LogP contribution in [0.1, 0.15) is 46.0 Å². The zero-order valence-electron chi connectivity index (χ0n) is 11.9. The lowest BCUT2D eigenvalue weighted by Gasteiger charge is -2.44. The van der Waals surface area contributed by atoms with Gasteiger partial charge in [-0.2, -0.15) is 0 Å². The molecule has 0 spiro atoms. The Bertz CT molecular complexity index is 306. The van der Waals surface area contributed by atoms with E-state index in [1.165, 1.54) is 19.3 Å². The zero-order valence-corrected chi connectivity index (χ0v) is 11.9. The Balaban J connectivity index is 2.14. The van der Waals surface area contributed by atoms with Gasteiger partial charge in [0.2, 0.25) is 5.91 Å². The second-order valence-corrected chi connectivity index (χ2v) is 6.16. The minimum atomic E-state index is -0.514. The number of hydrogen-bond acceptors (Lipinski definition) is 3. The number of hydrogen-bond donors (Lipinski definition) is 2. The standard InChI is InChI=1S/C14H27N3O/c1-10-5-4-6-11(2)17(10)9-14(16-3,13(15)18)12-7-8-12/h10-12,16H,4-9H2,1-3H3,(H2,15,18)/t10-,11+,14?. The first-order valence-corrected chi connectivity index (χ1v) is 7.26. The zero-order chi connectivity index (χ0) is 13.3. The molecule has 4 nitrogen and oxygen atoms in total. The van der Waals surface area contributed by atoms with Crippen molar-refractivity contribution in [2.24, 2.45) is 11.7 Å². The largest absolute Gasteiger partial charge is 0.368 e. The number of rotatable bonds is 5. The number of carbonyl (C=O) groups excluding carboxylic acids is 1. The van der Waals surface area contributed by atoms with Crippen molar-refractivity contribution >= 4 is 5.91 Å². The van der Waals surface area contributed by atoms with Crippen LogP contribution in [0.3, 0.4) is 0 Å². The van der Waals surface area contributed by atoms with E-state index in [9.17, 15) is 4.79 Å². The number of nitrogens with one attached hydrogen (secondary N) is 1. The Hall–Kier alpha value is -0.610.